The van der Waals surface area contributed by atoms with Gasteiger partial charge in [0.05, 0.1) is 6.54 Å². The molecule has 0 aliphatic carbocycles. The van der Waals surface area contributed by atoms with Crippen LogP contribution in [0, 0.1) is 13.8 Å². The molecular weight excluding hydrogens is 310 g/mol. The first-order chi connectivity index (χ1) is 11.2. The van der Waals surface area contributed by atoms with E-state index in [1.807, 2.05) is 32.0 Å². The Morgan fingerprint density at radius 1 is 1.21 bits per heavy atom. The van der Waals surface area contributed by atoms with Crippen LogP contribution in [0.4, 0.5) is 5.69 Å². The van der Waals surface area contributed by atoms with E-state index in [0.29, 0.717) is 5.69 Å². The maximum atomic E-state index is 12.2. The molecule has 0 aliphatic rings. The molecule has 1 aromatic rings. The van der Waals surface area contributed by atoms with Crippen LogP contribution in [0.1, 0.15) is 25.0 Å². The van der Waals surface area contributed by atoms with Crippen molar-refractivity contribution in [1.29, 1.82) is 0 Å². The molecule has 132 valence electrons. The molecular formula is C17H25N3O4. The van der Waals surface area contributed by atoms with Crippen molar-refractivity contribution in [2.75, 3.05) is 25.0 Å². The number of hydrogen-bond donors (Lipinski definition) is 3. The number of benzene rings is 1. The first-order valence-electron chi connectivity index (χ1n) is 7.79. The second kappa shape index (κ2) is 9.02. The maximum Gasteiger partial charge on any atom is 0.320 e. The number of nitrogens with one attached hydrogen (secondary N) is 2. The fourth-order valence-corrected chi connectivity index (χ4v) is 2.15. The highest BCUT2D eigenvalue weighted by Crippen LogP contribution is 2.14. The van der Waals surface area contributed by atoms with E-state index in [9.17, 15) is 14.4 Å². The van der Waals surface area contributed by atoms with Gasteiger partial charge in [-0.1, -0.05) is 6.07 Å². The zero-order valence-electron chi connectivity index (χ0n) is 14.5. The molecule has 0 radical (unpaired) electrons. The van der Waals surface area contributed by atoms with Gasteiger partial charge in [0.25, 0.3) is 0 Å². The number of rotatable bonds is 8. The molecule has 1 rings (SSSR count). The van der Waals surface area contributed by atoms with E-state index < -0.39 is 12.0 Å². The minimum Gasteiger partial charge on any atom is -0.480 e. The van der Waals surface area contributed by atoms with Gasteiger partial charge in [0.1, 0.15) is 6.04 Å². The quantitative estimate of drug-likeness (QED) is 0.662. The van der Waals surface area contributed by atoms with Crippen LogP contribution in [0.3, 0.4) is 0 Å². The van der Waals surface area contributed by atoms with Crippen molar-refractivity contribution in [2.45, 2.75) is 33.7 Å². The molecule has 7 nitrogen and oxygen atoms in total. The Morgan fingerprint density at radius 2 is 1.88 bits per heavy atom. The van der Waals surface area contributed by atoms with E-state index in [1.165, 1.54) is 18.7 Å². The monoisotopic (exact) mass is 335 g/mol. The molecule has 0 spiro atoms. The smallest absolute Gasteiger partial charge is 0.320 e. The molecule has 7 heteroatoms. The van der Waals surface area contributed by atoms with E-state index in [-0.39, 0.29) is 31.4 Å². The third kappa shape index (κ3) is 6.37. The van der Waals surface area contributed by atoms with Gasteiger partial charge in [-0.3, -0.25) is 19.3 Å². The second-order valence-electron chi connectivity index (χ2n) is 5.81. The minimum absolute atomic E-state index is 0.0695. The zero-order chi connectivity index (χ0) is 18.3. The molecule has 24 heavy (non-hydrogen) atoms. The summed E-state index contributed by atoms with van der Waals surface area (Å²) in [6, 6.07) is 4.77. The highest BCUT2D eigenvalue weighted by atomic mass is 16.4. The van der Waals surface area contributed by atoms with Crippen LogP contribution < -0.4 is 10.6 Å². The number of carbonyl (C=O) groups excluding carboxylic acids is 2. The number of aryl methyl sites for hydroxylation is 2. The van der Waals surface area contributed by atoms with Gasteiger partial charge < -0.3 is 15.7 Å². The standard InChI is InChI=1S/C17H25N3O4/c1-11-5-6-15(9-12(11)2)19-16(22)10-20(13(3)17(23)24)8-7-18-14(4)21/h5-6,9,13H,7-8,10H2,1-4H3,(H,18,21)(H,19,22)(H,23,24). The number of carboxylic acids is 1. The molecule has 0 aliphatic heterocycles. The van der Waals surface area contributed by atoms with Crippen molar-refractivity contribution in [3.8, 4) is 0 Å². The molecule has 3 N–H and O–H groups in total. The van der Waals surface area contributed by atoms with Crippen molar-refractivity contribution >= 4 is 23.5 Å². The summed E-state index contributed by atoms with van der Waals surface area (Å²) in [5, 5.41) is 14.5. The number of carboxylic acid groups (broad SMARTS) is 1. The molecule has 0 saturated heterocycles. The average Bonchev–Trinajstić information content (AvgIpc) is 2.48. The Balaban J connectivity index is 2.69. The van der Waals surface area contributed by atoms with Gasteiger partial charge in [-0.15, -0.1) is 0 Å². The number of nitrogens with zero attached hydrogens (tertiary/aromatic N) is 1. The third-order valence-corrected chi connectivity index (χ3v) is 3.82. The summed E-state index contributed by atoms with van der Waals surface area (Å²) < 4.78 is 0. The first kappa shape index (κ1) is 19.6. The van der Waals surface area contributed by atoms with Crippen molar-refractivity contribution in [1.82, 2.24) is 10.2 Å². The van der Waals surface area contributed by atoms with Gasteiger partial charge >= 0.3 is 5.97 Å². The number of anilines is 1. The van der Waals surface area contributed by atoms with Crippen LogP contribution in [0.2, 0.25) is 0 Å². The molecule has 1 atom stereocenters. The Hall–Kier alpha value is -2.41. The molecule has 0 aromatic heterocycles. The Kier molecular flexibility index (Phi) is 7.38. The number of hydrogen-bond acceptors (Lipinski definition) is 4. The van der Waals surface area contributed by atoms with Crippen molar-refractivity contribution < 1.29 is 19.5 Å². The van der Waals surface area contributed by atoms with Crippen LogP contribution >= 0.6 is 0 Å². The topological polar surface area (TPSA) is 98.7 Å². The molecule has 1 unspecified atom stereocenters. The summed E-state index contributed by atoms with van der Waals surface area (Å²) in [7, 11) is 0. The minimum atomic E-state index is -1.02. The third-order valence-electron chi connectivity index (χ3n) is 3.82. The summed E-state index contributed by atoms with van der Waals surface area (Å²) in [6.45, 7) is 7.32. The van der Waals surface area contributed by atoms with Gasteiger partial charge in [-0.25, -0.2) is 0 Å². The van der Waals surface area contributed by atoms with Crippen LogP contribution in [0.15, 0.2) is 18.2 Å². The van der Waals surface area contributed by atoms with E-state index in [4.69, 9.17) is 5.11 Å². The molecule has 0 heterocycles. The molecule has 0 fully saturated rings. The van der Waals surface area contributed by atoms with Gasteiger partial charge in [-0.05, 0) is 44.0 Å². The summed E-state index contributed by atoms with van der Waals surface area (Å²) >= 11 is 0. The van der Waals surface area contributed by atoms with Gasteiger partial charge in [0.15, 0.2) is 0 Å². The number of aliphatic carboxylic acids is 1. The largest absolute Gasteiger partial charge is 0.480 e. The SMILES string of the molecule is CC(=O)NCCN(CC(=O)Nc1ccc(C)c(C)c1)C(C)C(=O)O. The van der Waals surface area contributed by atoms with Crippen LogP contribution in [-0.2, 0) is 14.4 Å². The average molecular weight is 335 g/mol. The highest BCUT2D eigenvalue weighted by molar-refractivity contribution is 5.92. The van der Waals surface area contributed by atoms with Crippen molar-refractivity contribution in [3.05, 3.63) is 29.3 Å². The lowest BCUT2D eigenvalue weighted by Gasteiger charge is -2.25. The van der Waals surface area contributed by atoms with E-state index in [0.717, 1.165) is 11.1 Å². The summed E-state index contributed by atoms with van der Waals surface area (Å²) in [5.74, 6) is -1.51. The molecule has 0 saturated carbocycles. The predicted molar refractivity (Wildman–Crippen MR) is 91.9 cm³/mol. The predicted octanol–water partition coefficient (Wildman–Crippen LogP) is 1.15. The van der Waals surface area contributed by atoms with Crippen LogP contribution in [0.5, 0.6) is 0 Å². The Morgan fingerprint density at radius 3 is 2.42 bits per heavy atom. The fraction of sp³-hybridized carbons (Fsp3) is 0.471. The van der Waals surface area contributed by atoms with Gasteiger partial charge in [0.2, 0.25) is 11.8 Å². The molecule has 1 aromatic carbocycles. The highest BCUT2D eigenvalue weighted by Gasteiger charge is 2.22. The van der Waals surface area contributed by atoms with Crippen molar-refractivity contribution in [2.24, 2.45) is 0 Å². The summed E-state index contributed by atoms with van der Waals surface area (Å²) in [4.78, 5) is 35.8. The fourth-order valence-electron chi connectivity index (χ4n) is 2.15. The van der Waals surface area contributed by atoms with E-state index in [2.05, 4.69) is 10.6 Å². The number of amides is 2. The molecule has 2 amide bonds. The second-order valence-corrected chi connectivity index (χ2v) is 5.81. The van der Waals surface area contributed by atoms with Crippen LogP contribution in [0.25, 0.3) is 0 Å². The summed E-state index contributed by atoms with van der Waals surface area (Å²) in [5.41, 5.74) is 2.87. The Bertz CT molecular complexity index is 616. The van der Waals surface area contributed by atoms with Crippen LogP contribution in [-0.4, -0.2) is 53.5 Å². The molecule has 0 bridgehead atoms. The lowest BCUT2D eigenvalue weighted by atomic mass is 10.1. The van der Waals surface area contributed by atoms with E-state index >= 15 is 0 Å². The van der Waals surface area contributed by atoms with E-state index in [1.54, 1.807) is 0 Å². The maximum absolute atomic E-state index is 12.2. The van der Waals surface area contributed by atoms with Gasteiger partial charge in [-0.2, -0.15) is 0 Å². The normalized spacial score (nSPS) is 11.9. The zero-order valence-corrected chi connectivity index (χ0v) is 14.5. The Labute approximate surface area is 142 Å². The number of carbonyl (C=O) groups is 3. The first-order valence-corrected chi connectivity index (χ1v) is 7.79. The summed E-state index contributed by atoms with van der Waals surface area (Å²) in [6.07, 6.45) is 0. The van der Waals surface area contributed by atoms with Crippen molar-refractivity contribution in [3.63, 3.8) is 0 Å². The lowest BCUT2D eigenvalue weighted by Crippen LogP contribution is -2.46. The lowest BCUT2D eigenvalue weighted by molar-refractivity contribution is -0.142. The van der Waals surface area contributed by atoms with Gasteiger partial charge in [0, 0.05) is 25.7 Å².